The standard InChI is InChI=1S/C32H42F2O/c1-3-5-7-9-23-10-12-24(13-11-23)28-21-30(33)32(31(34)22-28)27-15-14-26-20-29(17-16-25(26)19-27)35-18-8-6-4-2/h4,16-17,20-24,27H,2-3,5-15,18-19H2,1H3. The van der Waals surface area contributed by atoms with E-state index in [-0.39, 0.29) is 23.1 Å². The van der Waals surface area contributed by atoms with Crippen molar-refractivity contribution in [3.63, 3.8) is 0 Å². The molecule has 0 aromatic heterocycles. The van der Waals surface area contributed by atoms with E-state index in [0.29, 0.717) is 18.9 Å². The van der Waals surface area contributed by atoms with Crippen LogP contribution in [0.25, 0.3) is 0 Å². The summed E-state index contributed by atoms with van der Waals surface area (Å²) in [4.78, 5) is 0. The minimum atomic E-state index is -0.347. The Morgan fingerprint density at radius 2 is 1.69 bits per heavy atom. The first kappa shape index (κ1) is 25.9. The van der Waals surface area contributed by atoms with Gasteiger partial charge in [-0.2, -0.15) is 0 Å². The first-order valence-electron chi connectivity index (χ1n) is 13.9. The lowest BCUT2D eigenvalue weighted by Crippen LogP contribution is -2.17. The number of hydrogen-bond acceptors (Lipinski definition) is 1. The molecule has 2 aromatic rings. The Kier molecular flexibility index (Phi) is 9.40. The quantitative estimate of drug-likeness (QED) is 0.230. The molecular formula is C32H42F2O. The van der Waals surface area contributed by atoms with Crippen LogP contribution in [0.1, 0.15) is 112 Å². The number of benzene rings is 2. The van der Waals surface area contributed by atoms with Gasteiger partial charge in [0.05, 0.1) is 6.61 Å². The van der Waals surface area contributed by atoms with Gasteiger partial charge in [-0.25, -0.2) is 8.78 Å². The number of halogens is 2. The second kappa shape index (κ2) is 12.7. The maximum atomic E-state index is 15.3. The molecule has 1 nitrogen and oxygen atoms in total. The van der Waals surface area contributed by atoms with E-state index in [4.69, 9.17) is 4.74 Å². The lowest BCUT2D eigenvalue weighted by molar-refractivity contribution is 0.302. The summed E-state index contributed by atoms with van der Waals surface area (Å²) in [7, 11) is 0. The van der Waals surface area contributed by atoms with Crippen LogP contribution in [-0.4, -0.2) is 6.61 Å². The summed E-state index contributed by atoms with van der Waals surface area (Å²) in [5.74, 6) is 1.18. The second-order valence-corrected chi connectivity index (χ2v) is 10.8. The number of fused-ring (bicyclic) bond motifs is 1. The van der Waals surface area contributed by atoms with Crippen molar-refractivity contribution in [3.05, 3.63) is 76.9 Å². The third-order valence-corrected chi connectivity index (χ3v) is 8.27. The summed E-state index contributed by atoms with van der Waals surface area (Å²) in [6, 6.07) is 9.47. The molecule has 1 fully saturated rings. The number of allylic oxidation sites excluding steroid dienone is 1. The summed E-state index contributed by atoms with van der Waals surface area (Å²) < 4.78 is 36.5. The number of aryl methyl sites for hydroxylation is 1. The average molecular weight is 481 g/mol. The zero-order valence-electron chi connectivity index (χ0n) is 21.5. The van der Waals surface area contributed by atoms with Crippen LogP contribution in [0.2, 0.25) is 0 Å². The molecule has 3 heteroatoms. The van der Waals surface area contributed by atoms with Gasteiger partial charge in [0.2, 0.25) is 0 Å². The summed E-state index contributed by atoms with van der Waals surface area (Å²) in [5, 5.41) is 0. The van der Waals surface area contributed by atoms with Gasteiger partial charge in [0.1, 0.15) is 17.4 Å². The Labute approximate surface area is 211 Å². The van der Waals surface area contributed by atoms with E-state index < -0.39 is 0 Å². The Bertz CT molecular complexity index is 951. The molecule has 0 bridgehead atoms. The molecule has 0 aliphatic heterocycles. The second-order valence-electron chi connectivity index (χ2n) is 10.8. The number of hydrogen-bond donors (Lipinski definition) is 0. The maximum absolute atomic E-state index is 15.3. The molecule has 0 radical (unpaired) electrons. The van der Waals surface area contributed by atoms with Crippen LogP contribution in [0.4, 0.5) is 8.78 Å². The zero-order valence-corrected chi connectivity index (χ0v) is 21.5. The predicted octanol–water partition coefficient (Wildman–Crippen LogP) is 9.44. The molecule has 0 N–H and O–H groups in total. The van der Waals surface area contributed by atoms with E-state index in [2.05, 4.69) is 25.6 Å². The highest BCUT2D eigenvalue weighted by Crippen LogP contribution is 2.41. The summed E-state index contributed by atoms with van der Waals surface area (Å²) in [6.45, 7) is 6.66. The Hall–Kier alpha value is -2.16. The van der Waals surface area contributed by atoms with Crippen LogP contribution in [0.5, 0.6) is 5.75 Å². The van der Waals surface area contributed by atoms with Gasteiger partial charge in [0, 0.05) is 5.56 Å². The Morgan fingerprint density at radius 3 is 2.40 bits per heavy atom. The van der Waals surface area contributed by atoms with Crippen LogP contribution >= 0.6 is 0 Å². The molecular weight excluding hydrogens is 438 g/mol. The average Bonchev–Trinajstić information content (AvgIpc) is 2.87. The molecule has 2 aliphatic carbocycles. The van der Waals surface area contributed by atoms with Crippen LogP contribution in [0.3, 0.4) is 0 Å². The van der Waals surface area contributed by atoms with Crippen molar-refractivity contribution in [2.45, 2.75) is 102 Å². The maximum Gasteiger partial charge on any atom is 0.129 e. The van der Waals surface area contributed by atoms with E-state index >= 15 is 8.78 Å². The van der Waals surface area contributed by atoms with Gasteiger partial charge in [-0.05, 0) is 116 Å². The summed E-state index contributed by atoms with van der Waals surface area (Å²) in [5.41, 5.74) is 3.59. The monoisotopic (exact) mass is 480 g/mol. The van der Waals surface area contributed by atoms with Gasteiger partial charge < -0.3 is 4.74 Å². The van der Waals surface area contributed by atoms with Crippen molar-refractivity contribution in [2.75, 3.05) is 6.61 Å². The largest absolute Gasteiger partial charge is 0.494 e. The molecule has 0 saturated heterocycles. The first-order valence-corrected chi connectivity index (χ1v) is 13.9. The van der Waals surface area contributed by atoms with Gasteiger partial charge in [0.25, 0.3) is 0 Å². The molecule has 0 heterocycles. The topological polar surface area (TPSA) is 9.23 Å². The molecule has 0 amide bonds. The fraction of sp³-hybridized carbons (Fsp3) is 0.562. The van der Waals surface area contributed by atoms with Crippen molar-refractivity contribution >= 4 is 0 Å². The molecule has 35 heavy (non-hydrogen) atoms. The van der Waals surface area contributed by atoms with Crippen molar-refractivity contribution in [2.24, 2.45) is 5.92 Å². The SMILES string of the molecule is C=CCCCOc1ccc2c(c1)CCC(c1c(F)cc(C3CCC(CCCCC)CC3)cc1F)C2. The molecule has 190 valence electrons. The highest BCUT2D eigenvalue weighted by Gasteiger charge is 2.28. The van der Waals surface area contributed by atoms with Crippen molar-refractivity contribution in [1.29, 1.82) is 0 Å². The first-order chi connectivity index (χ1) is 17.1. The van der Waals surface area contributed by atoms with Crippen LogP contribution < -0.4 is 4.74 Å². The summed E-state index contributed by atoms with van der Waals surface area (Å²) >= 11 is 0. The minimum Gasteiger partial charge on any atom is -0.494 e. The smallest absolute Gasteiger partial charge is 0.129 e. The van der Waals surface area contributed by atoms with Gasteiger partial charge in [-0.3, -0.25) is 0 Å². The molecule has 0 spiro atoms. The van der Waals surface area contributed by atoms with Crippen molar-refractivity contribution < 1.29 is 13.5 Å². The van der Waals surface area contributed by atoms with Crippen molar-refractivity contribution in [1.82, 2.24) is 0 Å². The number of unbranched alkanes of at least 4 members (excludes halogenated alkanes) is 3. The van der Waals surface area contributed by atoms with E-state index in [9.17, 15) is 0 Å². The van der Waals surface area contributed by atoms with Gasteiger partial charge >= 0.3 is 0 Å². The number of ether oxygens (including phenoxy) is 1. The lowest BCUT2D eigenvalue weighted by atomic mass is 9.75. The predicted molar refractivity (Wildman–Crippen MR) is 141 cm³/mol. The molecule has 2 aromatic carbocycles. The van der Waals surface area contributed by atoms with Crippen LogP contribution in [0.15, 0.2) is 43.0 Å². The molecule has 4 rings (SSSR count). The molecule has 1 saturated carbocycles. The Balaban J connectivity index is 1.37. The van der Waals surface area contributed by atoms with Gasteiger partial charge in [0.15, 0.2) is 0 Å². The molecule has 2 aliphatic rings. The fourth-order valence-electron chi connectivity index (χ4n) is 6.18. The third kappa shape index (κ3) is 6.74. The third-order valence-electron chi connectivity index (χ3n) is 8.27. The van der Waals surface area contributed by atoms with Crippen molar-refractivity contribution in [3.8, 4) is 5.75 Å². The normalized spacial score (nSPS) is 22.0. The number of rotatable bonds is 11. The minimum absolute atomic E-state index is 0.106. The fourth-order valence-corrected chi connectivity index (χ4v) is 6.18. The summed E-state index contributed by atoms with van der Waals surface area (Å²) in [6.07, 6.45) is 15.8. The van der Waals surface area contributed by atoms with E-state index in [1.54, 1.807) is 12.1 Å². The molecule has 1 unspecified atom stereocenters. The highest BCUT2D eigenvalue weighted by atomic mass is 19.1. The van der Waals surface area contributed by atoms with Gasteiger partial charge in [-0.15, -0.1) is 6.58 Å². The van der Waals surface area contributed by atoms with Crippen LogP contribution in [-0.2, 0) is 12.8 Å². The van der Waals surface area contributed by atoms with Crippen LogP contribution in [0, 0.1) is 17.6 Å². The van der Waals surface area contributed by atoms with Gasteiger partial charge in [-0.1, -0.05) is 44.7 Å². The Morgan fingerprint density at radius 1 is 0.914 bits per heavy atom. The molecule has 1 atom stereocenters. The van der Waals surface area contributed by atoms with E-state index in [1.807, 2.05) is 12.1 Å². The lowest BCUT2D eigenvalue weighted by Gasteiger charge is -2.30. The highest BCUT2D eigenvalue weighted by molar-refractivity contribution is 5.41. The van der Waals surface area contributed by atoms with E-state index in [1.165, 1.54) is 49.7 Å². The zero-order chi connectivity index (χ0) is 24.6. The van der Waals surface area contributed by atoms with E-state index in [0.717, 1.165) is 55.8 Å².